The fourth-order valence-electron chi connectivity index (χ4n) is 6.17. The van der Waals surface area contributed by atoms with Crippen molar-refractivity contribution in [2.75, 3.05) is 13.7 Å². The van der Waals surface area contributed by atoms with E-state index in [4.69, 9.17) is 18.6 Å². The number of oxazole rings is 1. The van der Waals surface area contributed by atoms with E-state index in [2.05, 4.69) is 45.0 Å². The lowest BCUT2D eigenvalue weighted by molar-refractivity contribution is -0.110. The lowest BCUT2D eigenvalue weighted by Crippen LogP contribution is -2.67. The maximum absolute atomic E-state index is 15.7. The number of hydrogen-bond donors (Lipinski definition) is 0. The van der Waals surface area contributed by atoms with E-state index in [1.54, 1.807) is 33.9 Å². The van der Waals surface area contributed by atoms with Gasteiger partial charge in [-0.2, -0.15) is 0 Å². The maximum atomic E-state index is 15.7. The number of aldehydes is 1. The Labute approximate surface area is 259 Å². The molecule has 2 unspecified atom stereocenters. The number of amides is 1. The quantitative estimate of drug-likeness (QED) is 0.169. The molecular formula is C35H41FN2O5Si. The van der Waals surface area contributed by atoms with E-state index in [1.165, 1.54) is 4.90 Å². The topological polar surface area (TPSA) is 81.9 Å². The molecule has 2 atom stereocenters. The molecule has 0 N–H and O–H groups in total. The molecular weight excluding hydrogens is 575 g/mol. The molecule has 0 saturated heterocycles. The molecule has 0 aliphatic heterocycles. The molecule has 5 rings (SSSR count). The molecule has 232 valence electrons. The van der Waals surface area contributed by atoms with Crippen molar-refractivity contribution in [3.63, 3.8) is 0 Å². The lowest BCUT2D eigenvalue weighted by Gasteiger charge is -2.44. The van der Waals surface area contributed by atoms with Gasteiger partial charge in [0.2, 0.25) is 5.89 Å². The number of halogens is 1. The number of carbonyl (C=O) groups is 2. The van der Waals surface area contributed by atoms with Gasteiger partial charge in [-0.25, -0.2) is 14.2 Å². The van der Waals surface area contributed by atoms with Gasteiger partial charge < -0.3 is 18.4 Å². The minimum atomic E-state index is -3.00. The van der Waals surface area contributed by atoms with E-state index in [1.807, 2.05) is 36.4 Å². The summed E-state index contributed by atoms with van der Waals surface area (Å²) in [6.45, 7) is 12.0. The van der Waals surface area contributed by atoms with Crippen LogP contribution < -0.4 is 10.4 Å². The summed E-state index contributed by atoms with van der Waals surface area (Å²) in [7, 11) is -1.39. The third kappa shape index (κ3) is 5.95. The van der Waals surface area contributed by atoms with Crippen LogP contribution in [-0.4, -0.2) is 49.8 Å². The van der Waals surface area contributed by atoms with Crippen molar-refractivity contribution in [1.82, 2.24) is 9.88 Å². The minimum absolute atomic E-state index is 0.0123. The molecule has 1 aliphatic carbocycles. The van der Waals surface area contributed by atoms with Crippen molar-refractivity contribution in [2.45, 2.75) is 71.1 Å². The zero-order valence-electron chi connectivity index (χ0n) is 26.5. The summed E-state index contributed by atoms with van der Waals surface area (Å²) in [4.78, 5) is 31.0. The fourth-order valence-corrected chi connectivity index (χ4v) is 10.7. The molecule has 9 heteroatoms. The van der Waals surface area contributed by atoms with Crippen molar-refractivity contribution < 1.29 is 27.6 Å². The molecule has 0 fully saturated rings. The third-order valence-electron chi connectivity index (χ3n) is 8.28. The Morgan fingerprint density at radius 3 is 2.16 bits per heavy atom. The van der Waals surface area contributed by atoms with Gasteiger partial charge in [0.05, 0.1) is 6.61 Å². The highest BCUT2D eigenvalue weighted by Crippen LogP contribution is 2.39. The van der Waals surface area contributed by atoms with Gasteiger partial charge in [-0.05, 0) is 66.2 Å². The van der Waals surface area contributed by atoms with E-state index in [-0.39, 0.29) is 29.0 Å². The maximum Gasteiger partial charge on any atom is 0.410 e. The van der Waals surface area contributed by atoms with Crippen LogP contribution in [0.15, 0.2) is 71.1 Å². The molecule has 44 heavy (non-hydrogen) atoms. The number of carbonyl (C=O) groups excluding carboxylic acids is 2. The number of ether oxygens (including phenoxy) is 1. The number of benzene rings is 3. The first-order chi connectivity index (χ1) is 20.7. The zero-order valence-corrected chi connectivity index (χ0v) is 27.5. The molecule has 0 saturated carbocycles. The number of nitrogens with zero attached hydrogens (tertiary/aromatic N) is 2. The zero-order chi connectivity index (χ0) is 31.9. The van der Waals surface area contributed by atoms with Crippen LogP contribution in [-0.2, 0) is 26.8 Å². The average molecular weight is 617 g/mol. The molecule has 3 aromatic carbocycles. The molecule has 4 aromatic rings. The second kappa shape index (κ2) is 11.9. The first kappa shape index (κ1) is 31.6. The Morgan fingerprint density at radius 1 is 1.05 bits per heavy atom. The molecule has 0 spiro atoms. The fraction of sp³-hybridized carbons (Fsp3) is 0.400. The van der Waals surface area contributed by atoms with Crippen LogP contribution in [0.2, 0.25) is 5.04 Å². The van der Waals surface area contributed by atoms with Crippen LogP contribution in [0.4, 0.5) is 9.18 Å². The van der Waals surface area contributed by atoms with Crippen molar-refractivity contribution in [3.05, 3.63) is 89.6 Å². The van der Waals surface area contributed by atoms with Gasteiger partial charge in [-0.3, -0.25) is 4.90 Å². The third-order valence-corrected chi connectivity index (χ3v) is 13.3. The standard InChI is InChI=1S/C35H41FN2O5Si/c1-34(2,3)43-33(40)38(7)29(32-37-28-20-24-18-23(21-39)19-27(24)30(36)31(28)42-32)22-41-44(35(4,5)6,25-14-10-8-11-15-25)26-16-12-9-13-17-26/h8-17,20-21,23,29H,18-19,22H2,1-7H3. The molecule has 7 nitrogen and oxygen atoms in total. The van der Waals surface area contributed by atoms with Crippen LogP contribution in [0.3, 0.4) is 0 Å². The Kier molecular flexibility index (Phi) is 8.57. The van der Waals surface area contributed by atoms with Gasteiger partial charge in [0.15, 0.2) is 11.4 Å². The molecule has 0 bridgehead atoms. The summed E-state index contributed by atoms with van der Waals surface area (Å²) in [5.74, 6) is -0.607. The predicted octanol–water partition coefficient (Wildman–Crippen LogP) is 6.37. The van der Waals surface area contributed by atoms with E-state index in [9.17, 15) is 9.59 Å². The normalized spacial score (nSPS) is 16.0. The number of hydrogen-bond acceptors (Lipinski definition) is 6. The lowest BCUT2D eigenvalue weighted by atomic mass is 10.1. The molecule has 1 heterocycles. The molecule has 1 aromatic heterocycles. The van der Waals surface area contributed by atoms with Crippen molar-refractivity contribution in [1.29, 1.82) is 0 Å². The molecule has 1 aliphatic rings. The smallest absolute Gasteiger partial charge is 0.410 e. The number of aromatic nitrogens is 1. The second-order valence-electron chi connectivity index (χ2n) is 13.6. The summed E-state index contributed by atoms with van der Waals surface area (Å²) in [6, 6.07) is 21.4. The van der Waals surface area contributed by atoms with Crippen LogP contribution in [0.1, 0.15) is 64.6 Å². The highest BCUT2D eigenvalue weighted by Gasteiger charge is 2.51. The van der Waals surface area contributed by atoms with Crippen LogP contribution >= 0.6 is 0 Å². The first-order valence-electron chi connectivity index (χ1n) is 15.0. The first-order valence-corrected chi connectivity index (χ1v) is 16.9. The SMILES string of the molecule is CN(C(=O)OC(C)(C)C)C(CO[Si](c1ccccc1)(c1ccccc1)C(C)(C)C)c1nc2cc3c(c(F)c2o1)CC(C=O)C3. The molecule has 1 amide bonds. The Balaban J connectivity index is 1.61. The van der Waals surface area contributed by atoms with Crippen LogP contribution in [0, 0.1) is 11.7 Å². The summed E-state index contributed by atoms with van der Waals surface area (Å²) >= 11 is 0. The van der Waals surface area contributed by atoms with Gasteiger partial charge in [-0.1, -0.05) is 81.4 Å². The summed E-state index contributed by atoms with van der Waals surface area (Å²) in [5, 5.41) is 1.86. The summed E-state index contributed by atoms with van der Waals surface area (Å²) < 4.78 is 34.8. The number of rotatable bonds is 8. The average Bonchev–Trinajstić information content (AvgIpc) is 3.59. The highest BCUT2D eigenvalue weighted by atomic mass is 28.4. The Bertz CT molecular complexity index is 1600. The highest BCUT2D eigenvalue weighted by molar-refractivity contribution is 6.99. The number of likely N-dealkylation sites (N-methyl/N-ethyl adjacent to an activating group) is 1. The van der Waals surface area contributed by atoms with Gasteiger partial charge in [-0.15, -0.1) is 0 Å². The van der Waals surface area contributed by atoms with E-state index in [0.29, 0.717) is 23.9 Å². The Morgan fingerprint density at radius 2 is 1.64 bits per heavy atom. The van der Waals surface area contributed by atoms with Crippen LogP contribution in [0.5, 0.6) is 0 Å². The molecule has 0 radical (unpaired) electrons. The van der Waals surface area contributed by atoms with Crippen molar-refractivity contribution >= 4 is 42.2 Å². The monoisotopic (exact) mass is 616 g/mol. The van der Waals surface area contributed by atoms with Crippen LogP contribution in [0.25, 0.3) is 11.1 Å². The minimum Gasteiger partial charge on any atom is -0.444 e. The second-order valence-corrected chi connectivity index (χ2v) is 17.9. The summed E-state index contributed by atoms with van der Waals surface area (Å²) in [5.41, 5.74) is 0.859. The predicted molar refractivity (Wildman–Crippen MR) is 171 cm³/mol. The largest absolute Gasteiger partial charge is 0.444 e. The number of fused-ring (bicyclic) bond motifs is 2. The van der Waals surface area contributed by atoms with Gasteiger partial charge in [0.1, 0.15) is 23.4 Å². The van der Waals surface area contributed by atoms with Crippen molar-refractivity contribution in [2.24, 2.45) is 5.92 Å². The Hall–Kier alpha value is -3.82. The van der Waals surface area contributed by atoms with Crippen molar-refractivity contribution in [3.8, 4) is 0 Å². The van der Waals surface area contributed by atoms with Gasteiger partial charge in [0, 0.05) is 13.0 Å². The van der Waals surface area contributed by atoms with Gasteiger partial charge in [0.25, 0.3) is 8.32 Å². The van der Waals surface area contributed by atoms with E-state index in [0.717, 1.165) is 22.2 Å². The van der Waals surface area contributed by atoms with E-state index < -0.39 is 31.9 Å². The van der Waals surface area contributed by atoms with E-state index >= 15 is 4.39 Å². The summed E-state index contributed by atoms with van der Waals surface area (Å²) in [6.07, 6.45) is 1.09. The van der Waals surface area contributed by atoms with Gasteiger partial charge >= 0.3 is 6.09 Å².